The predicted octanol–water partition coefficient (Wildman–Crippen LogP) is 4.00. The second-order valence-electron chi connectivity index (χ2n) is 6.42. The number of benzene rings is 2. The maximum atomic E-state index is 12.5. The monoisotopic (exact) mass is 382 g/mol. The van der Waals surface area contributed by atoms with Crippen LogP contribution in [0.5, 0.6) is 0 Å². The largest absolute Gasteiger partial charge is 0.378 e. The van der Waals surface area contributed by atoms with Crippen LogP contribution in [0.15, 0.2) is 71.8 Å². The molecule has 0 fully saturated rings. The molecule has 7 heteroatoms. The fraction of sp³-hybridized carbons (Fsp3) is 0.150. The first-order chi connectivity index (χ1) is 12.8. The Labute approximate surface area is 159 Å². The minimum atomic E-state index is -3.64. The lowest BCUT2D eigenvalue weighted by Gasteiger charge is -2.13. The van der Waals surface area contributed by atoms with Crippen LogP contribution >= 0.6 is 0 Å². The van der Waals surface area contributed by atoms with Crippen LogP contribution in [-0.2, 0) is 10.0 Å². The molecule has 0 saturated heterocycles. The SMILES string of the molecule is Cc1cccc(S(=O)(=O)Nc2ccc(Nc3ccc(N(C)C)cc3)nc2)c1. The van der Waals surface area contributed by atoms with Crippen molar-refractivity contribution in [2.75, 3.05) is 29.0 Å². The zero-order valence-corrected chi connectivity index (χ0v) is 16.3. The van der Waals surface area contributed by atoms with E-state index in [2.05, 4.69) is 15.0 Å². The molecular weight excluding hydrogens is 360 g/mol. The van der Waals surface area contributed by atoms with Crippen molar-refractivity contribution in [3.63, 3.8) is 0 Å². The summed E-state index contributed by atoms with van der Waals surface area (Å²) in [6.45, 7) is 1.85. The Morgan fingerprint density at radius 1 is 0.926 bits per heavy atom. The molecule has 0 saturated carbocycles. The van der Waals surface area contributed by atoms with Crippen molar-refractivity contribution in [3.05, 3.63) is 72.4 Å². The van der Waals surface area contributed by atoms with Crippen molar-refractivity contribution in [1.82, 2.24) is 4.98 Å². The van der Waals surface area contributed by atoms with Gasteiger partial charge in [0.1, 0.15) is 5.82 Å². The van der Waals surface area contributed by atoms with E-state index in [0.29, 0.717) is 11.5 Å². The molecule has 1 aromatic heterocycles. The smallest absolute Gasteiger partial charge is 0.261 e. The maximum Gasteiger partial charge on any atom is 0.261 e. The zero-order valence-electron chi connectivity index (χ0n) is 15.5. The number of aryl methyl sites for hydroxylation is 1. The number of hydrogen-bond acceptors (Lipinski definition) is 5. The van der Waals surface area contributed by atoms with E-state index >= 15 is 0 Å². The van der Waals surface area contributed by atoms with Crippen molar-refractivity contribution in [1.29, 1.82) is 0 Å². The Balaban J connectivity index is 1.70. The number of hydrogen-bond donors (Lipinski definition) is 2. The average molecular weight is 382 g/mol. The second kappa shape index (κ2) is 7.67. The van der Waals surface area contributed by atoms with E-state index in [1.165, 1.54) is 6.20 Å². The van der Waals surface area contributed by atoms with Gasteiger partial charge in [0.25, 0.3) is 10.0 Å². The summed E-state index contributed by atoms with van der Waals surface area (Å²) >= 11 is 0. The molecule has 6 nitrogen and oxygen atoms in total. The standard InChI is InChI=1S/C20H22N4O2S/c1-15-5-4-6-19(13-15)27(25,26)23-17-9-12-20(21-14-17)22-16-7-10-18(11-8-16)24(2)3/h4-14,23H,1-3H3,(H,21,22). The van der Waals surface area contributed by atoms with Gasteiger partial charge in [0.2, 0.25) is 0 Å². The number of sulfonamides is 1. The van der Waals surface area contributed by atoms with Gasteiger partial charge in [-0.05, 0) is 61.0 Å². The lowest BCUT2D eigenvalue weighted by molar-refractivity contribution is 0.601. The summed E-state index contributed by atoms with van der Waals surface area (Å²) in [6.07, 6.45) is 1.49. The van der Waals surface area contributed by atoms with E-state index in [9.17, 15) is 8.42 Å². The Bertz CT molecular complexity index is 1010. The summed E-state index contributed by atoms with van der Waals surface area (Å²) in [5.74, 6) is 0.631. The van der Waals surface area contributed by atoms with Crippen LogP contribution in [0.25, 0.3) is 0 Å². The molecule has 0 spiro atoms. The molecular formula is C20H22N4O2S. The highest BCUT2D eigenvalue weighted by Gasteiger charge is 2.14. The third kappa shape index (κ3) is 4.77. The summed E-state index contributed by atoms with van der Waals surface area (Å²) in [5, 5.41) is 3.19. The summed E-state index contributed by atoms with van der Waals surface area (Å²) in [4.78, 5) is 6.53. The van der Waals surface area contributed by atoms with Crippen LogP contribution in [0, 0.1) is 6.92 Å². The van der Waals surface area contributed by atoms with E-state index in [0.717, 1.165) is 16.9 Å². The van der Waals surface area contributed by atoms with Crippen LogP contribution < -0.4 is 14.9 Å². The second-order valence-corrected chi connectivity index (χ2v) is 8.10. The van der Waals surface area contributed by atoms with E-state index < -0.39 is 10.0 Å². The Morgan fingerprint density at radius 3 is 2.22 bits per heavy atom. The molecule has 0 amide bonds. The summed E-state index contributed by atoms with van der Waals surface area (Å²) in [5.41, 5.74) is 3.30. The molecule has 0 atom stereocenters. The van der Waals surface area contributed by atoms with Crippen molar-refractivity contribution < 1.29 is 8.42 Å². The van der Waals surface area contributed by atoms with Gasteiger partial charge in [-0.1, -0.05) is 12.1 Å². The summed E-state index contributed by atoms with van der Waals surface area (Å²) in [7, 11) is 0.338. The van der Waals surface area contributed by atoms with Gasteiger partial charge in [-0.25, -0.2) is 13.4 Å². The molecule has 0 aliphatic heterocycles. The Hall–Kier alpha value is -3.06. The number of aromatic nitrogens is 1. The lowest BCUT2D eigenvalue weighted by Crippen LogP contribution is -2.13. The third-order valence-corrected chi connectivity index (χ3v) is 5.35. The molecule has 3 aromatic rings. The highest BCUT2D eigenvalue weighted by Crippen LogP contribution is 2.21. The zero-order chi connectivity index (χ0) is 19.4. The fourth-order valence-corrected chi connectivity index (χ4v) is 3.66. The molecule has 0 bridgehead atoms. The summed E-state index contributed by atoms with van der Waals surface area (Å²) in [6, 6.07) is 18.1. The Kier molecular flexibility index (Phi) is 5.32. The van der Waals surface area contributed by atoms with Crippen molar-refractivity contribution in [3.8, 4) is 0 Å². The molecule has 0 radical (unpaired) electrons. The topological polar surface area (TPSA) is 74.3 Å². The lowest BCUT2D eigenvalue weighted by atomic mass is 10.2. The predicted molar refractivity (Wildman–Crippen MR) is 110 cm³/mol. The van der Waals surface area contributed by atoms with E-state index in [1.54, 1.807) is 30.3 Å². The highest BCUT2D eigenvalue weighted by atomic mass is 32.2. The van der Waals surface area contributed by atoms with Crippen molar-refractivity contribution in [2.24, 2.45) is 0 Å². The molecule has 0 unspecified atom stereocenters. The quantitative estimate of drug-likeness (QED) is 0.674. The maximum absolute atomic E-state index is 12.5. The van der Waals surface area contributed by atoms with Crippen LogP contribution in [0.1, 0.15) is 5.56 Å². The third-order valence-electron chi connectivity index (χ3n) is 3.97. The molecule has 0 aliphatic carbocycles. The van der Waals surface area contributed by atoms with Gasteiger partial charge in [0.15, 0.2) is 0 Å². The minimum absolute atomic E-state index is 0.227. The number of nitrogens with zero attached hydrogens (tertiary/aromatic N) is 2. The number of anilines is 4. The van der Waals surface area contributed by atoms with Gasteiger partial charge in [-0.3, -0.25) is 4.72 Å². The molecule has 27 heavy (non-hydrogen) atoms. The van der Waals surface area contributed by atoms with Gasteiger partial charge >= 0.3 is 0 Å². The van der Waals surface area contributed by atoms with E-state index in [-0.39, 0.29) is 4.90 Å². The number of pyridine rings is 1. The average Bonchev–Trinajstić information content (AvgIpc) is 2.63. The van der Waals surface area contributed by atoms with Crippen LogP contribution in [-0.4, -0.2) is 27.5 Å². The molecule has 1 heterocycles. The minimum Gasteiger partial charge on any atom is -0.378 e. The fourth-order valence-electron chi connectivity index (χ4n) is 2.52. The first-order valence-electron chi connectivity index (χ1n) is 8.43. The van der Waals surface area contributed by atoms with Crippen molar-refractivity contribution >= 4 is 32.9 Å². The molecule has 0 aliphatic rings. The molecule has 2 N–H and O–H groups in total. The van der Waals surface area contributed by atoms with Gasteiger partial charge in [0.05, 0.1) is 16.8 Å². The van der Waals surface area contributed by atoms with Gasteiger partial charge in [0, 0.05) is 25.5 Å². The van der Waals surface area contributed by atoms with Crippen molar-refractivity contribution in [2.45, 2.75) is 11.8 Å². The van der Waals surface area contributed by atoms with Gasteiger partial charge < -0.3 is 10.2 Å². The first kappa shape index (κ1) is 18.7. The molecule has 2 aromatic carbocycles. The summed E-state index contributed by atoms with van der Waals surface area (Å²) < 4.78 is 27.5. The van der Waals surface area contributed by atoms with Gasteiger partial charge in [-0.15, -0.1) is 0 Å². The van der Waals surface area contributed by atoms with Gasteiger partial charge in [-0.2, -0.15) is 0 Å². The molecule has 3 rings (SSSR count). The number of rotatable bonds is 6. The van der Waals surface area contributed by atoms with Crippen LogP contribution in [0.3, 0.4) is 0 Å². The first-order valence-corrected chi connectivity index (χ1v) is 9.92. The number of nitrogens with one attached hydrogen (secondary N) is 2. The Morgan fingerprint density at radius 2 is 1.63 bits per heavy atom. The normalized spacial score (nSPS) is 11.1. The van der Waals surface area contributed by atoms with E-state index in [1.807, 2.05) is 56.3 Å². The van der Waals surface area contributed by atoms with Crippen LogP contribution in [0.2, 0.25) is 0 Å². The highest BCUT2D eigenvalue weighted by molar-refractivity contribution is 7.92. The van der Waals surface area contributed by atoms with E-state index in [4.69, 9.17) is 0 Å². The van der Waals surface area contributed by atoms with Crippen LogP contribution in [0.4, 0.5) is 22.9 Å². The molecule has 140 valence electrons.